The number of amides is 2. The molecule has 0 spiro atoms. The average Bonchev–Trinajstić information content (AvgIpc) is 2.91. The van der Waals surface area contributed by atoms with Crippen LogP contribution < -0.4 is 10.6 Å². The minimum Gasteiger partial charge on any atom is -0.328 e. The number of rotatable bonds is 4. The lowest BCUT2D eigenvalue weighted by atomic mass is 10.1. The fourth-order valence-corrected chi connectivity index (χ4v) is 2.64. The van der Waals surface area contributed by atoms with Crippen molar-refractivity contribution in [3.8, 4) is 0 Å². The fraction of sp³-hybridized carbons (Fsp3) is 0.438. The van der Waals surface area contributed by atoms with E-state index in [0.29, 0.717) is 0 Å². The zero-order valence-electron chi connectivity index (χ0n) is 13.8. The Morgan fingerprint density at radius 3 is 2.50 bits per heavy atom. The van der Waals surface area contributed by atoms with Crippen LogP contribution in [0.3, 0.4) is 0 Å². The molecule has 1 atom stereocenters. The van der Waals surface area contributed by atoms with Crippen LogP contribution in [0.15, 0.2) is 18.5 Å². The summed E-state index contributed by atoms with van der Waals surface area (Å²) >= 11 is 0. The molecule has 2 amide bonds. The van der Waals surface area contributed by atoms with Gasteiger partial charge in [0, 0.05) is 12.2 Å². The highest BCUT2D eigenvalue weighted by Crippen LogP contribution is 2.22. The quantitative estimate of drug-likeness (QED) is 0.911. The van der Waals surface area contributed by atoms with Crippen molar-refractivity contribution >= 4 is 11.7 Å². The first-order valence-corrected chi connectivity index (χ1v) is 7.45. The number of aryl methyl sites for hydroxylation is 4. The van der Waals surface area contributed by atoms with Gasteiger partial charge in [0.15, 0.2) is 0 Å². The molecule has 0 aliphatic rings. The standard InChI is InChI=1S/C16H23N5O/c1-6-21-15(17-9-18-21)13(5)19-16(22)20-14-11(3)7-10(2)8-12(14)4/h7-9,13H,6H2,1-5H3,(H2,19,20,22)/t13-/m1/s1. The second-order valence-electron chi connectivity index (χ2n) is 5.53. The largest absolute Gasteiger partial charge is 0.328 e. The van der Waals surface area contributed by atoms with E-state index in [0.717, 1.165) is 29.2 Å². The van der Waals surface area contributed by atoms with E-state index in [1.54, 1.807) is 4.68 Å². The van der Waals surface area contributed by atoms with Crippen molar-refractivity contribution in [2.45, 2.75) is 47.2 Å². The molecule has 1 aromatic heterocycles. The average molecular weight is 301 g/mol. The molecule has 118 valence electrons. The minimum absolute atomic E-state index is 0.214. The summed E-state index contributed by atoms with van der Waals surface area (Å²) in [5, 5.41) is 9.95. The lowest BCUT2D eigenvalue weighted by Crippen LogP contribution is -2.33. The van der Waals surface area contributed by atoms with Crippen molar-refractivity contribution in [2.24, 2.45) is 0 Å². The predicted octanol–water partition coefficient (Wildman–Crippen LogP) is 3.11. The van der Waals surface area contributed by atoms with Gasteiger partial charge in [-0.3, -0.25) is 0 Å². The number of anilines is 1. The van der Waals surface area contributed by atoms with Crippen molar-refractivity contribution in [1.82, 2.24) is 20.1 Å². The first-order valence-electron chi connectivity index (χ1n) is 7.45. The SMILES string of the molecule is CCn1ncnc1[C@@H](C)NC(=O)Nc1c(C)cc(C)cc1C. The van der Waals surface area contributed by atoms with Gasteiger partial charge in [-0.1, -0.05) is 17.7 Å². The number of carbonyl (C=O) groups excluding carboxylic acids is 1. The highest BCUT2D eigenvalue weighted by Gasteiger charge is 2.16. The van der Waals surface area contributed by atoms with Crippen LogP contribution in [0, 0.1) is 20.8 Å². The lowest BCUT2D eigenvalue weighted by molar-refractivity contribution is 0.248. The molecule has 1 heterocycles. The topological polar surface area (TPSA) is 71.8 Å². The highest BCUT2D eigenvalue weighted by molar-refractivity contribution is 5.91. The summed E-state index contributed by atoms with van der Waals surface area (Å²) in [5.74, 6) is 0.745. The highest BCUT2D eigenvalue weighted by atomic mass is 16.2. The Morgan fingerprint density at radius 2 is 1.91 bits per heavy atom. The third-order valence-electron chi connectivity index (χ3n) is 3.60. The summed E-state index contributed by atoms with van der Waals surface area (Å²) < 4.78 is 1.77. The second kappa shape index (κ2) is 6.60. The molecule has 6 heteroatoms. The fourth-order valence-electron chi connectivity index (χ4n) is 2.64. The molecule has 0 bridgehead atoms. The van der Waals surface area contributed by atoms with E-state index < -0.39 is 0 Å². The predicted molar refractivity (Wildman–Crippen MR) is 86.9 cm³/mol. The van der Waals surface area contributed by atoms with Crippen molar-refractivity contribution in [1.29, 1.82) is 0 Å². The summed E-state index contributed by atoms with van der Waals surface area (Å²) in [7, 11) is 0. The Hall–Kier alpha value is -2.37. The van der Waals surface area contributed by atoms with Crippen LogP contribution >= 0.6 is 0 Å². The van der Waals surface area contributed by atoms with Gasteiger partial charge in [-0.2, -0.15) is 5.10 Å². The number of urea groups is 1. The zero-order chi connectivity index (χ0) is 16.3. The van der Waals surface area contributed by atoms with Gasteiger partial charge in [-0.25, -0.2) is 14.5 Å². The molecule has 1 aromatic carbocycles. The van der Waals surface area contributed by atoms with Gasteiger partial charge < -0.3 is 10.6 Å². The van der Waals surface area contributed by atoms with Crippen LogP contribution in [0.25, 0.3) is 0 Å². The third kappa shape index (κ3) is 3.44. The monoisotopic (exact) mass is 301 g/mol. The molecule has 0 aliphatic heterocycles. The molecule has 22 heavy (non-hydrogen) atoms. The maximum absolute atomic E-state index is 12.2. The van der Waals surface area contributed by atoms with Crippen LogP contribution in [0.2, 0.25) is 0 Å². The third-order valence-corrected chi connectivity index (χ3v) is 3.60. The Balaban J connectivity index is 2.08. The molecule has 2 aromatic rings. The van der Waals surface area contributed by atoms with Crippen molar-refractivity contribution in [3.63, 3.8) is 0 Å². The van der Waals surface area contributed by atoms with Crippen LogP contribution in [0.1, 0.15) is 42.4 Å². The van der Waals surface area contributed by atoms with Gasteiger partial charge in [0.1, 0.15) is 12.2 Å². The molecule has 0 radical (unpaired) electrons. The van der Waals surface area contributed by atoms with Crippen molar-refractivity contribution in [3.05, 3.63) is 41.0 Å². The van der Waals surface area contributed by atoms with Crippen LogP contribution in [0.4, 0.5) is 10.5 Å². The van der Waals surface area contributed by atoms with E-state index in [1.807, 2.05) is 34.6 Å². The number of carbonyl (C=O) groups is 1. The molecular formula is C16H23N5O. The van der Waals surface area contributed by atoms with Crippen molar-refractivity contribution in [2.75, 3.05) is 5.32 Å². The number of benzene rings is 1. The Bertz CT molecular complexity index is 654. The van der Waals surface area contributed by atoms with E-state index >= 15 is 0 Å². The molecule has 6 nitrogen and oxygen atoms in total. The number of nitrogens with one attached hydrogen (secondary N) is 2. The molecule has 0 saturated heterocycles. The Morgan fingerprint density at radius 1 is 1.27 bits per heavy atom. The van der Waals surface area contributed by atoms with Crippen LogP contribution in [0.5, 0.6) is 0 Å². The van der Waals surface area contributed by atoms with Crippen LogP contribution in [-0.4, -0.2) is 20.8 Å². The number of hydrogen-bond donors (Lipinski definition) is 2. The minimum atomic E-state index is -0.242. The molecule has 0 aliphatic carbocycles. The summed E-state index contributed by atoms with van der Waals surface area (Å²) in [6, 6.07) is 3.65. The Labute approximate surface area is 130 Å². The molecule has 2 rings (SSSR count). The molecular weight excluding hydrogens is 278 g/mol. The smallest absolute Gasteiger partial charge is 0.319 e. The molecule has 0 unspecified atom stereocenters. The summed E-state index contributed by atoms with van der Waals surface area (Å²) in [4.78, 5) is 16.4. The summed E-state index contributed by atoms with van der Waals surface area (Å²) in [5.41, 5.74) is 4.15. The van der Waals surface area contributed by atoms with E-state index in [1.165, 1.54) is 11.9 Å². The van der Waals surface area contributed by atoms with Gasteiger partial charge >= 0.3 is 6.03 Å². The first-order chi connectivity index (χ1) is 10.4. The van der Waals surface area contributed by atoms with E-state index in [2.05, 4.69) is 32.8 Å². The Kier molecular flexibility index (Phi) is 4.80. The summed E-state index contributed by atoms with van der Waals surface area (Å²) in [6.45, 7) is 10.6. The molecule has 0 saturated carbocycles. The van der Waals surface area contributed by atoms with Gasteiger partial charge in [0.25, 0.3) is 0 Å². The molecule has 0 fully saturated rings. The van der Waals surface area contributed by atoms with Crippen LogP contribution in [-0.2, 0) is 6.54 Å². The van der Waals surface area contributed by atoms with Crippen molar-refractivity contribution < 1.29 is 4.79 Å². The van der Waals surface area contributed by atoms with E-state index in [-0.39, 0.29) is 12.1 Å². The number of nitrogens with zero attached hydrogens (tertiary/aromatic N) is 3. The molecule has 2 N–H and O–H groups in total. The number of aromatic nitrogens is 3. The maximum atomic E-state index is 12.2. The normalized spacial score (nSPS) is 12.0. The first kappa shape index (κ1) is 16.0. The lowest BCUT2D eigenvalue weighted by Gasteiger charge is -2.17. The van der Waals surface area contributed by atoms with Gasteiger partial charge in [-0.15, -0.1) is 0 Å². The number of hydrogen-bond acceptors (Lipinski definition) is 3. The van der Waals surface area contributed by atoms with Gasteiger partial charge in [-0.05, 0) is 45.7 Å². The summed E-state index contributed by atoms with van der Waals surface area (Å²) in [6.07, 6.45) is 1.50. The maximum Gasteiger partial charge on any atom is 0.319 e. The van der Waals surface area contributed by atoms with Gasteiger partial charge in [0.05, 0.1) is 6.04 Å². The van der Waals surface area contributed by atoms with E-state index in [9.17, 15) is 4.79 Å². The van der Waals surface area contributed by atoms with E-state index in [4.69, 9.17) is 0 Å². The zero-order valence-corrected chi connectivity index (χ0v) is 13.8. The second-order valence-corrected chi connectivity index (χ2v) is 5.53. The van der Waals surface area contributed by atoms with Gasteiger partial charge in [0.2, 0.25) is 0 Å².